The SMILES string of the molecule is C[C@@]12C[C@@H](Oc3cccc(C(F)(F)F)c3)C[C@@H]1CN(C(=O)n1ccc(C(=O)O)n1)C2. The van der Waals surface area contributed by atoms with Crippen LogP contribution in [0.1, 0.15) is 35.8 Å². The molecule has 30 heavy (non-hydrogen) atoms. The maximum absolute atomic E-state index is 12.9. The molecule has 1 aliphatic heterocycles. The van der Waals surface area contributed by atoms with Crippen LogP contribution in [0, 0.1) is 11.3 Å². The van der Waals surface area contributed by atoms with Crippen LogP contribution in [-0.4, -0.2) is 51.0 Å². The van der Waals surface area contributed by atoms with Gasteiger partial charge in [-0.25, -0.2) is 9.59 Å². The van der Waals surface area contributed by atoms with Crippen LogP contribution in [0.4, 0.5) is 18.0 Å². The monoisotopic (exact) mass is 423 g/mol. The molecular formula is C20H20F3N3O4. The van der Waals surface area contributed by atoms with E-state index in [-0.39, 0.29) is 28.9 Å². The van der Waals surface area contributed by atoms with Crippen LogP contribution in [0.2, 0.25) is 0 Å². The van der Waals surface area contributed by atoms with Crippen molar-refractivity contribution in [3.8, 4) is 5.75 Å². The highest BCUT2D eigenvalue weighted by molar-refractivity contribution is 5.86. The molecule has 2 aliphatic rings. The minimum Gasteiger partial charge on any atom is -0.490 e. The molecule has 2 heterocycles. The molecule has 0 bridgehead atoms. The number of fused-ring (bicyclic) bond motifs is 1. The molecule has 160 valence electrons. The highest BCUT2D eigenvalue weighted by atomic mass is 19.4. The van der Waals surface area contributed by atoms with Gasteiger partial charge in [-0.3, -0.25) is 0 Å². The average molecular weight is 423 g/mol. The molecule has 1 N–H and O–H groups in total. The summed E-state index contributed by atoms with van der Waals surface area (Å²) >= 11 is 0. The molecule has 1 saturated carbocycles. The number of likely N-dealkylation sites (tertiary alicyclic amines) is 1. The standard InChI is InChI=1S/C20H20F3N3O4/c1-19-9-15(30-14-4-2-3-12(7-14)20(21,22)23)8-13(19)10-25(11-19)18(29)26-6-5-16(24-26)17(27)28/h2-7,13,15H,8-11H2,1H3,(H,27,28)/t13-,15+,19+/m1/s1. The van der Waals surface area contributed by atoms with E-state index in [2.05, 4.69) is 5.10 Å². The molecule has 2 fully saturated rings. The normalized spacial score (nSPS) is 25.9. The number of hydrogen-bond acceptors (Lipinski definition) is 4. The maximum atomic E-state index is 12.9. The zero-order chi connectivity index (χ0) is 21.7. The van der Waals surface area contributed by atoms with Gasteiger partial charge in [-0.15, -0.1) is 0 Å². The van der Waals surface area contributed by atoms with Crippen molar-refractivity contribution in [2.24, 2.45) is 11.3 Å². The highest BCUT2D eigenvalue weighted by Gasteiger charge is 2.52. The Bertz CT molecular complexity index is 990. The third kappa shape index (κ3) is 3.73. The minimum absolute atomic E-state index is 0.131. The summed E-state index contributed by atoms with van der Waals surface area (Å²) in [4.78, 5) is 25.2. The maximum Gasteiger partial charge on any atom is 0.416 e. The Morgan fingerprint density at radius 3 is 2.70 bits per heavy atom. The van der Waals surface area contributed by atoms with Gasteiger partial charge in [0.25, 0.3) is 0 Å². The van der Waals surface area contributed by atoms with Crippen molar-refractivity contribution < 1.29 is 32.6 Å². The molecule has 1 amide bonds. The second kappa shape index (κ2) is 7.03. The Labute approximate surface area is 170 Å². The highest BCUT2D eigenvalue weighted by Crippen LogP contribution is 2.49. The Balaban J connectivity index is 1.40. The lowest BCUT2D eigenvalue weighted by atomic mass is 9.83. The van der Waals surface area contributed by atoms with Gasteiger partial charge in [0.15, 0.2) is 5.69 Å². The molecular weight excluding hydrogens is 403 g/mol. The topological polar surface area (TPSA) is 84.7 Å². The van der Waals surface area contributed by atoms with Crippen molar-refractivity contribution in [2.75, 3.05) is 13.1 Å². The van der Waals surface area contributed by atoms with E-state index in [0.717, 1.165) is 16.8 Å². The molecule has 4 rings (SSSR count). The van der Waals surface area contributed by atoms with E-state index >= 15 is 0 Å². The van der Waals surface area contributed by atoms with Crippen LogP contribution in [-0.2, 0) is 6.18 Å². The predicted octanol–water partition coefficient (Wildman–Crippen LogP) is 3.75. The zero-order valence-electron chi connectivity index (χ0n) is 16.1. The molecule has 3 atom stereocenters. The first kappa shape index (κ1) is 20.2. The molecule has 2 aromatic rings. The number of rotatable bonds is 3. The van der Waals surface area contributed by atoms with E-state index in [1.807, 2.05) is 6.92 Å². The van der Waals surface area contributed by atoms with E-state index in [9.17, 15) is 22.8 Å². The third-order valence-corrected chi connectivity index (χ3v) is 5.96. The number of nitrogens with zero attached hydrogens (tertiary/aromatic N) is 3. The number of carboxylic acids is 1. The predicted molar refractivity (Wildman–Crippen MR) is 98.2 cm³/mol. The van der Waals surface area contributed by atoms with Crippen LogP contribution in [0.25, 0.3) is 0 Å². The number of carbonyl (C=O) groups excluding carboxylic acids is 1. The minimum atomic E-state index is -4.43. The van der Waals surface area contributed by atoms with Crippen molar-refractivity contribution in [3.63, 3.8) is 0 Å². The van der Waals surface area contributed by atoms with E-state index in [4.69, 9.17) is 9.84 Å². The summed E-state index contributed by atoms with van der Waals surface area (Å²) in [6.07, 6.45) is -2.11. The first-order chi connectivity index (χ1) is 14.0. The Morgan fingerprint density at radius 2 is 2.07 bits per heavy atom. The molecule has 10 heteroatoms. The van der Waals surface area contributed by atoms with Crippen molar-refractivity contribution in [1.29, 1.82) is 0 Å². The fraction of sp³-hybridized carbons (Fsp3) is 0.450. The number of aromatic nitrogens is 2. The first-order valence-corrected chi connectivity index (χ1v) is 9.47. The lowest BCUT2D eigenvalue weighted by molar-refractivity contribution is -0.137. The molecule has 0 spiro atoms. The summed E-state index contributed by atoms with van der Waals surface area (Å²) in [7, 11) is 0. The third-order valence-electron chi connectivity index (χ3n) is 5.96. The average Bonchev–Trinajstić information content (AvgIpc) is 3.33. The summed E-state index contributed by atoms with van der Waals surface area (Å²) in [5, 5.41) is 12.7. The van der Waals surface area contributed by atoms with Crippen LogP contribution in [0.5, 0.6) is 5.75 Å². The van der Waals surface area contributed by atoms with Gasteiger partial charge in [-0.1, -0.05) is 13.0 Å². The Hall–Kier alpha value is -3.04. The molecule has 1 aromatic heterocycles. The van der Waals surface area contributed by atoms with Crippen molar-refractivity contribution >= 4 is 12.0 Å². The number of amides is 1. The van der Waals surface area contributed by atoms with Gasteiger partial charge in [-0.05, 0) is 48.4 Å². The first-order valence-electron chi connectivity index (χ1n) is 9.47. The quantitative estimate of drug-likeness (QED) is 0.813. The van der Waals surface area contributed by atoms with Crippen molar-refractivity contribution in [1.82, 2.24) is 14.7 Å². The molecule has 0 unspecified atom stereocenters. The summed E-state index contributed by atoms with van der Waals surface area (Å²) in [5.74, 6) is -0.891. The van der Waals surface area contributed by atoms with Gasteiger partial charge < -0.3 is 14.7 Å². The zero-order valence-corrected chi connectivity index (χ0v) is 16.1. The summed E-state index contributed by atoms with van der Waals surface area (Å²) in [5.41, 5.74) is -1.19. The number of alkyl halides is 3. The van der Waals surface area contributed by atoms with Crippen LogP contribution in [0.3, 0.4) is 0 Å². The number of carbonyl (C=O) groups is 2. The second-order valence-electron chi connectivity index (χ2n) is 8.17. The number of carboxylic acid groups (broad SMARTS) is 1. The molecule has 1 aromatic carbocycles. The number of halogens is 3. The largest absolute Gasteiger partial charge is 0.490 e. The Kier molecular flexibility index (Phi) is 4.74. The van der Waals surface area contributed by atoms with Crippen molar-refractivity contribution in [3.05, 3.63) is 47.8 Å². The summed E-state index contributed by atoms with van der Waals surface area (Å²) in [6.45, 7) is 2.94. The second-order valence-corrected chi connectivity index (χ2v) is 8.17. The Morgan fingerprint density at radius 1 is 1.30 bits per heavy atom. The number of hydrogen-bond donors (Lipinski definition) is 1. The molecule has 7 nitrogen and oxygen atoms in total. The van der Waals surface area contributed by atoms with Crippen LogP contribution < -0.4 is 4.74 Å². The lowest BCUT2D eigenvalue weighted by Crippen LogP contribution is -2.36. The van der Waals surface area contributed by atoms with Crippen molar-refractivity contribution in [2.45, 2.75) is 32.0 Å². The molecule has 1 saturated heterocycles. The smallest absolute Gasteiger partial charge is 0.416 e. The van der Waals surface area contributed by atoms with Gasteiger partial charge in [0.1, 0.15) is 5.75 Å². The number of aromatic carboxylic acids is 1. The number of ether oxygens (including phenoxy) is 1. The van der Waals surface area contributed by atoms with Gasteiger partial charge in [0.05, 0.1) is 11.7 Å². The van der Waals surface area contributed by atoms with Gasteiger partial charge >= 0.3 is 18.2 Å². The molecule has 0 radical (unpaired) electrons. The summed E-state index contributed by atoms with van der Waals surface area (Å²) in [6, 6.07) is 5.71. The van der Waals surface area contributed by atoms with E-state index in [1.54, 1.807) is 4.90 Å². The van der Waals surface area contributed by atoms with Gasteiger partial charge in [0, 0.05) is 19.3 Å². The lowest BCUT2D eigenvalue weighted by Gasteiger charge is -2.24. The van der Waals surface area contributed by atoms with Gasteiger partial charge in [-0.2, -0.15) is 23.0 Å². The fourth-order valence-corrected chi connectivity index (χ4v) is 4.49. The summed E-state index contributed by atoms with van der Waals surface area (Å²) < 4.78 is 45.6. The van der Waals surface area contributed by atoms with Crippen LogP contribution in [0.15, 0.2) is 36.5 Å². The van der Waals surface area contributed by atoms with E-state index in [0.29, 0.717) is 25.9 Å². The van der Waals surface area contributed by atoms with Crippen LogP contribution >= 0.6 is 0 Å². The van der Waals surface area contributed by atoms with Gasteiger partial charge in [0.2, 0.25) is 0 Å². The molecule has 1 aliphatic carbocycles. The van der Waals surface area contributed by atoms with E-state index < -0.39 is 23.7 Å². The van der Waals surface area contributed by atoms with E-state index in [1.165, 1.54) is 24.4 Å². The number of benzene rings is 1. The fourth-order valence-electron chi connectivity index (χ4n) is 4.49.